The third kappa shape index (κ3) is 7.49. The van der Waals surface area contributed by atoms with Gasteiger partial charge in [-0.15, -0.1) is 24.0 Å². The van der Waals surface area contributed by atoms with Crippen molar-refractivity contribution in [2.75, 3.05) is 19.3 Å². The molecule has 170 valence electrons. The van der Waals surface area contributed by atoms with Crippen LogP contribution in [0.3, 0.4) is 0 Å². The molecule has 2 N–H and O–H groups in total. The Morgan fingerprint density at radius 3 is 2.39 bits per heavy atom. The predicted octanol–water partition coefficient (Wildman–Crippen LogP) is 4.45. The van der Waals surface area contributed by atoms with Gasteiger partial charge in [-0.05, 0) is 80.3 Å². The van der Waals surface area contributed by atoms with Crippen molar-refractivity contribution in [2.24, 2.45) is 4.99 Å². The normalized spacial score (nSPS) is 14.9. The van der Waals surface area contributed by atoms with Crippen molar-refractivity contribution < 1.29 is 8.42 Å². The number of rotatable bonds is 7. The summed E-state index contributed by atoms with van der Waals surface area (Å²) in [5.74, 6) is 0.801. The Bertz CT molecular complexity index is 988. The summed E-state index contributed by atoms with van der Waals surface area (Å²) in [6.07, 6.45) is 6.95. The molecule has 2 aromatic rings. The molecule has 1 unspecified atom stereocenters. The predicted molar refractivity (Wildman–Crippen MR) is 139 cm³/mol. The highest BCUT2D eigenvalue weighted by Crippen LogP contribution is 2.24. The minimum absolute atomic E-state index is 0. The molecule has 0 bridgehead atoms. The van der Waals surface area contributed by atoms with Crippen LogP contribution >= 0.6 is 24.0 Å². The summed E-state index contributed by atoms with van der Waals surface area (Å²) in [7, 11) is -3.15. The molecule has 3 rings (SSSR count). The number of aliphatic imine (C=N–C) groups is 1. The molecule has 0 spiro atoms. The van der Waals surface area contributed by atoms with Crippen LogP contribution in [-0.2, 0) is 29.1 Å². The number of guanidine groups is 1. The molecule has 1 atom stereocenters. The molecule has 7 heteroatoms. The van der Waals surface area contributed by atoms with E-state index < -0.39 is 9.84 Å². The zero-order chi connectivity index (χ0) is 21.6. The van der Waals surface area contributed by atoms with E-state index in [9.17, 15) is 8.42 Å². The molecule has 0 saturated carbocycles. The van der Waals surface area contributed by atoms with Crippen molar-refractivity contribution in [1.82, 2.24) is 10.6 Å². The first kappa shape index (κ1) is 25.6. The molecule has 0 aliphatic heterocycles. The van der Waals surface area contributed by atoms with Crippen LogP contribution < -0.4 is 10.6 Å². The summed E-state index contributed by atoms with van der Waals surface area (Å²) in [6.45, 7) is 5.66. The molecule has 2 aromatic carbocycles. The molecule has 1 aliphatic carbocycles. The third-order valence-corrected chi connectivity index (χ3v) is 6.72. The maximum atomic E-state index is 11.6. The summed E-state index contributed by atoms with van der Waals surface area (Å²) < 4.78 is 23.2. The summed E-state index contributed by atoms with van der Waals surface area (Å²) >= 11 is 0. The van der Waals surface area contributed by atoms with Crippen LogP contribution in [0.1, 0.15) is 55.0 Å². The molecule has 31 heavy (non-hydrogen) atoms. The summed E-state index contributed by atoms with van der Waals surface area (Å²) in [4.78, 5) is 5.06. The zero-order valence-corrected chi connectivity index (χ0v) is 21.8. The Balaban J connectivity index is 0.00000341. The lowest BCUT2D eigenvalue weighted by atomic mass is 9.89. The van der Waals surface area contributed by atoms with E-state index in [2.05, 4.69) is 42.7 Å². The molecular weight excluding hydrogens is 521 g/mol. The van der Waals surface area contributed by atoms with Gasteiger partial charge in [-0.3, -0.25) is 4.99 Å². The molecule has 0 amide bonds. The first-order valence-corrected chi connectivity index (χ1v) is 12.7. The number of hydrogen-bond donors (Lipinski definition) is 2. The second kappa shape index (κ2) is 11.9. The molecule has 0 fully saturated rings. The van der Waals surface area contributed by atoms with Gasteiger partial charge in [0, 0.05) is 19.3 Å². The van der Waals surface area contributed by atoms with Crippen LogP contribution in [-0.4, -0.2) is 33.7 Å². The highest BCUT2D eigenvalue weighted by molar-refractivity contribution is 14.0. The average Bonchev–Trinajstić information content (AvgIpc) is 2.73. The summed E-state index contributed by atoms with van der Waals surface area (Å²) in [6, 6.07) is 14.1. The van der Waals surface area contributed by atoms with E-state index in [1.807, 2.05) is 12.1 Å². The van der Waals surface area contributed by atoms with Gasteiger partial charge in [0.25, 0.3) is 0 Å². The Kier molecular flexibility index (Phi) is 9.81. The number of nitrogens with zero attached hydrogens (tertiary/aromatic N) is 1. The Morgan fingerprint density at radius 1 is 1.06 bits per heavy atom. The fraction of sp³-hybridized carbons (Fsp3) is 0.458. The second-order valence-corrected chi connectivity index (χ2v) is 10.0. The van der Waals surface area contributed by atoms with Gasteiger partial charge >= 0.3 is 0 Å². The topological polar surface area (TPSA) is 70.6 Å². The molecular formula is C24H34IN3O2S. The third-order valence-electron chi connectivity index (χ3n) is 5.59. The number of fused-ring (bicyclic) bond motifs is 1. The second-order valence-electron chi connectivity index (χ2n) is 8.03. The van der Waals surface area contributed by atoms with Crippen molar-refractivity contribution in [3.63, 3.8) is 0 Å². The number of hydrogen-bond acceptors (Lipinski definition) is 3. The molecule has 0 aromatic heterocycles. The summed E-state index contributed by atoms with van der Waals surface area (Å²) in [5, 5.41) is 6.84. The highest BCUT2D eigenvalue weighted by Gasteiger charge is 2.13. The lowest BCUT2D eigenvalue weighted by Gasteiger charge is -2.21. The van der Waals surface area contributed by atoms with Gasteiger partial charge in [-0.1, -0.05) is 30.3 Å². The van der Waals surface area contributed by atoms with E-state index >= 15 is 0 Å². The molecule has 0 saturated heterocycles. The first-order valence-electron chi connectivity index (χ1n) is 10.8. The Hall–Kier alpha value is -1.61. The number of benzene rings is 2. The maximum Gasteiger partial charge on any atom is 0.191 e. The van der Waals surface area contributed by atoms with Crippen molar-refractivity contribution >= 4 is 39.8 Å². The molecule has 1 aliphatic rings. The fourth-order valence-electron chi connectivity index (χ4n) is 3.83. The minimum atomic E-state index is -3.15. The summed E-state index contributed by atoms with van der Waals surface area (Å²) in [5.41, 5.74) is 5.36. The van der Waals surface area contributed by atoms with Crippen molar-refractivity contribution in [2.45, 2.75) is 56.9 Å². The smallest absolute Gasteiger partial charge is 0.191 e. The van der Waals surface area contributed by atoms with Gasteiger partial charge < -0.3 is 10.6 Å². The van der Waals surface area contributed by atoms with Gasteiger partial charge in [0.05, 0.1) is 10.9 Å². The van der Waals surface area contributed by atoms with E-state index in [-0.39, 0.29) is 30.0 Å². The van der Waals surface area contributed by atoms with E-state index in [0.29, 0.717) is 11.4 Å². The van der Waals surface area contributed by atoms with Gasteiger partial charge in [0.1, 0.15) is 0 Å². The highest BCUT2D eigenvalue weighted by atomic mass is 127. The van der Waals surface area contributed by atoms with Crippen LogP contribution in [0.4, 0.5) is 0 Å². The quantitative estimate of drug-likeness (QED) is 0.301. The number of sulfone groups is 1. The number of aryl methyl sites for hydroxylation is 2. The zero-order valence-electron chi connectivity index (χ0n) is 18.6. The van der Waals surface area contributed by atoms with Gasteiger partial charge in [-0.25, -0.2) is 8.42 Å². The average molecular weight is 556 g/mol. The number of halogens is 1. The monoisotopic (exact) mass is 555 g/mol. The van der Waals surface area contributed by atoms with E-state index in [1.54, 1.807) is 12.1 Å². The lowest BCUT2D eigenvalue weighted by Crippen LogP contribution is -2.39. The standard InChI is InChI=1S/C24H33N3O2S.HI/c1-4-25-24(26-16-15-19-9-13-23(14-10-19)30(3,28)29)27-18(2)21-12-11-20-7-5-6-8-22(20)17-21;/h9-14,17-18H,4-8,15-16H2,1-3H3,(H2,25,26,27);1H. The van der Waals surface area contributed by atoms with E-state index in [1.165, 1.54) is 48.6 Å². The SMILES string of the molecule is CCNC(=NCCc1ccc(S(C)(=O)=O)cc1)NC(C)c1ccc2c(c1)CCCC2.I. The largest absolute Gasteiger partial charge is 0.357 e. The van der Waals surface area contributed by atoms with Crippen LogP contribution in [0.15, 0.2) is 52.4 Å². The van der Waals surface area contributed by atoms with Gasteiger partial charge in [-0.2, -0.15) is 0 Å². The van der Waals surface area contributed by atoms with Crippen molar-refractivity contribution in [1.29, 1.82) is 0 Å². The van der Waals surface area contributed by atoms with Crippen LogP contribution in [0.2, 0.25) is 0 Å². The maximum absolute atomic E-state index is 11.6. The van der Waals surface area contributed by atoms with Gasteiger partial charge in [0.15, 0.2) is 15.8 Å². The van der Waals surface area contributed by atoms with Crippen molar-refractivity contribution in [3.05, 3.63) is 64.7 Å². The van der Waals surface area contributed by atoms with Crippen LogP contribution in [0, 0.1) is 0 Å². The van der Waals surface area contributed by atoms with Crippen molar-refractivity contribution in [3.8, 4) is 0 Å². The molecule has 0 radical (unpaired) electrons. The van der Waals surface area contributed by atoms with E-state index in [4.69, 9.17) is 4.99 Å². The van der Waals surface area contributed by atoms with E-state index in [0.717, 1.165) is 24.5 Å². The van der Waals surface area contributed by atoms with Crippen LogP contribution in [0.25, 0.3) is 0 Å². The fourth-order valence-corrected chi connectivity index (χ4v) is 4.46. The lowest BCUT2D eigenvalue weighted by molar-refractivity contribution is 0.602. The first-order chi connectivity index (χ1) is 14.4. The Labute approximate surface area is 204 Å². The Morgan fingerprint density at radius 2 is 1.74 bits per heavy atom. The molecule has 0 heterocycles. The molecule has 5 nitrogen and oxygen atoms in total. The van der Waals surface area contributed by atoms with Crippen LogP contribution in [0.5, 0.6) is 0 Å². The van der Waals surface area contributed by atoms with Gasteiger partial charge in [0.2, 0.25) is 0 Å². The number of nitrogens with one attached hydrogen (secondary N) is 2. The minimum Gasteiger partial charge on any atom is -0.357 e.